The van der Waals surface area contributed by atoms with Crippen molar-refractivity contribution in [3.8, 4) is 0 Å². The van der Waals surface area contributed by atoms with E-state index < -0.39 is 0 Å². The Morgan fingerprint density at radius 1 is 1.33 bits per heavy atom. The summed E-state index contributed by atoms with van der Waals surface area (Å²) in [5.74, 6) is 0.550. The number of carbonyl (C=O) groups is 1. The molecule has 1 unspecified atom stereocenters. The quantitative estimate of drug-likeness (QED) is 0.838. The third-order valence-electron chi connectivity index (χ3n) is 4.09. The topological polar surface area (TPSA) is 29.5 Å². The van der Waals surface area contributed by atoms with E-state index in [1.54, 1.807) is 0 Å². The lowest BCUT2D eigenvalue weighted by Crippen LogP contribution is -2.37. The van der Waals surface area contributed by atoms with E-state index in [0.29, 0.717) is 23.4 Å². The average Bonchev–Trinajstić information content (AvgIpc) is 3.33. The normalized spacial score (nSPS) is 19.4. The number of halogens is 1. The first-order valence-electron chi connectivity index (χ1n) is 7.58. The lowest BCUT2D eigenvalue weighted by Gasteiger charge is -2.31. The van der Waals surface area contributed by atoms with Crippen molar-refractivity contribution >= 4 is 17.5 Å². The molecule has 2 aliphatic rings. The number of ether oxygens (including phenoxy) is 1. The van der Waals surface area contributed by atoms with Gasteiger partial charge in [-0.1, -0.05) is 23.7 Å². The predicted octanol–water partition coefficient (Wildman–Crippen LogP) is 4.09. The maximum absolute atomic E-state index is 12.8. The lowest BCUT2D eigenvalue weighted by atomic mass is 10.1. The molecular formula is C17H20ClNO2. The van der Waals surface area contributed by atoms with Gasteiger partial charge in [0.15, 0.2) is 5.76 Å². The van der Waals surface area contributed by atoms with E-state index in [1.807, 2.05) is 35.2 Å². The van der Waals surface area contributed by atoms with Crippen molar-refractivity contribution in [3.05, 3.63) is 46.7 Å². The molecule has 3 nitrogen and oxygen atoms in total. The van der Waals surface area contributed by atoms with E-state index in [2.05, 4.69) is 6.92 Å². The smallest absolute Gasteiger partial charge is 0.289 e. The molecule has 1 aromatic rings. The van der Waals surface area contributed by atoms with Crippen molar-refractivity contribution in [3.63, 3.8) is 0 Å². The fourth-order valence-electron chi connectivity index (χ4n) is 2.75. The molecule has 21 heavy (non-hydrogen) atoms. The molecule has 0 aromatic heterocycles. The number of nitrogens with zero attached hydrogens (tertiary/aromatic N) is 1. The fourth-order valence-corrected chi connectivity index (χ4v) is 2.87. The molecular weight excluding hydrogens is 286 g/mol. The molecule has 4 heteroatoms. The van der Waals surface area contributed by atoms with Gasteiger partial charge in [-0.3, -0.25) is 4.79 Å². The van der Waals surface area contributed by atoms with Crippen molar-refractivity contribution in [2.75, 3.05) is 6.61 Å². The van der Waals surface area contributed by atoms with Crippen LogP contribution in [0.1, 0.15) is 44.2 Å². The predicted molar refractivity (Wildman–Crippen MR) is 83.0 cm³/mol. The summed E-state index contributed by atoms with van der Waals surface area (Å²) >= 11 is 5.95. The Hall–Kier alpha value is -1.48. The molecule has 0 bridgehead atoms. The Kier molecular flexibility index (Phi) is 4.20. The summed E-state index contributed by atoms with van der Waals surface area (Å²) in [5, 5.41) is 0.716. The minimum atomic E-state index is 0.0275. The van der Waals surface area contributed by atoms with Crippen LogP contribution in [-0.4, -0.2) is 23.5 Å². The Morgan fingerprint density at radius 3 is 2.62 bits per heavy atom. The molecule has 1 aromatic carbocycles. The molecule has 1 atom stereocenters. The Balaban J connectivity index is 1.82. The van der Waals surface area contributed by atoms with Crippen LogP contribution in [0.4, 0.5) is 0 Å². The highest BCUT2D eigenvalue weighted by atomic mass is 35.5. The highest BCUT2D eigenvalue weighted by Crippen LogP contribution is 2.36. The largest absolute Gasteiger partial charge is 0.488 e. The van der Waals surface area contributed by atoms with Crippen LogP contribution in [0.5, 0.6) is 0 Å². The summed E-state index contributed by atoms with van der Waals surface area (Å²) in [6.07, 6.45) is 6.01. The first-order chi connectivity index (χ1) is 10.2. The van der Waals surface area contributed by atoms with Crippen molar-refractivity contribution in [2.24, 2.45) is 0 Å². The summed E-state index contributed by atoms with van der Waals surface area (Å²) in [6, 6.07) is 8.11. The van der Waals surface area contributed by atoms with Crippen LogP contribution in [0.3, 0.4) is 0 Å². The second-order valence-corrected chi connectivity index (χ2v) is 6.17. The molecule has 1 aliphatic heterocycles. The van der Waals surface area contributed by atoms with Crippen molar-refractivity contribution in [1.29, 1.82) is 0 Å². The van der Waals surface area contributed by atoms with Crippen LogP contribution in [0.15, 0.2) is 36.1 Å². The van der Waals surface area contributed by atoms with Gasteiger partial charge in [-0.25, -0.2) is 0 Å². The molecule has 0 saturated heterocycles. The molecule has 1 saturated carbocycles. The molecule has 1 heterocycles. The van der Waals surface area contributed by atoms with E-state index in [9.17, 15) is 4.79 Å². The zero-order valence-electron chi connectivity index (χ0n) is 12.2. The van der Waals surface area contributed by atoms with Crippen LogP contribution >= 0.6 is 11.6 Å². The Bertz CT molecular complexity index is 548. The molecule has 0 spiro atoms. The number of hydrogen-bond donors (Lipinski definition) is 0. The number of benzene rings is 1. The Morgan fingerprint density at radius 2 is 2.05 bits per heavy atom. The molecule has 1 fully saturated rings. The van der Waals surface area contributed by atoms with Gasteiger partial charge < -0.3 is 9.64 Å². The summed E-state index contributed by atoms with van der Waals surface area (Å²) < 4.78 is 5.55. The third kappa shape index (κ3) is 3.24. The lowest BCUT2D eigenvalue weighted by molar-refractivity contribution is -0.134. The van der Waals surface area contributed by atoms with Gasteiger partial charge in [-0.15, -0.1) is 0 Å². The first-order valence-corrected chi connectivity index (χ1v) is 7.95. The fraction of sp³-hybridized carbons (Fsp3) is 0.471. The van der Waals surface area contributed by atoms with Crippen LogP contribution in [0.2, 0.25) is 5.02 Å². The second-order valence-electron chi connectivity index (χ2n) is 5.73. The standard InChI is InChI=1S/C17H20ClNO2/c1-12(13-5-7-14(18)8-6-13)19(15-9-10-15)17(20)16-4-2-3-11-21-16/h4-8,12,15H,2-3,9-11H2,1H3. The zero-order chi connectivity index (χ0) is 14.8. The number of hydrogen-bond acceptors (Lipinski definition) is 2. The highest BCUT2D eigenvalue weighted by Gasteiger charge is 2.38. The second kappa shape index (κ2) is 6.10. The van der Waals surface area contributed by atoms with Crippen molar-refractivity contribution in [2.45, 2.75) is 44.7 Å². The van der Waals surface area contributed by atoms with Gasteiger partial charge in [-0.05, 0) is 56.4 Å². The van der Waals surface area contributed by atoms with Gasteiger partial charge in [0.25, 0.3) is 5.91 Å². The molecule has 1 amide bonds. The van der Waals surface area contributed by atoms with Crippen molar-refractivity contribution < 1.29 is 9.53 Å². The molecule has 0 N–H and O–H groups in total. The van der Waals surface area contributed by atoms with Gasteiger partial charge in [-0.2, -0.15) is 0 Å². The van der Waals surface area contributed by atoms with Gasteiger partial charge in [0.05, 0.1) is 12.6 Å². The Labute approximate surface area is 130 Å². The van der Waals surface area contributed by atoms with Crippen molar-refractivity contribution in [1.82, 2.24) is 4.90 Å². The molecule has 0 radical (unpaired) electrons. The zero-order valence-corrected chi connectivity index (χ0v) is 13.0. The van der Waals surface area contributed by atoms with Gasteiger partial charge in [0.1, 0.15) is 0 Å². The number of carbonyl (C=O) groups excluding carboxylic acids is 1. The van der Waals surface area contributed by atoms with Crippen LogP contribution in [-0.2, 0) is 9.53 Å². The number of allylic oxidation sites excluding steroid dienone is 1. The van der Waals surface area contributed by atoms with E-state index in [0.717, 1.165) is 31.2 Å². The van der Waals surface area contributed by atoms with E-state index >= 15 is 0 Å². The highest BCUT2D eigenvalue weighted by molar-refractivity contribution is 6.30. The van der Waals surface area contributed by atoms with Crippen LogP contribution < -0.4 is 0 Å². The minimum Gasteiger partial charge on any atom is -0.488 e. The summed E-state index contributed by atoms with van der Waals surface area (Å²) in [5.41, 5.74) is 1.11. The first kappa shape index (κ1) is 14.5. The van der Waals surface area contributed by atoms with Crippen LogP contribution in [0, 0.1) is 0 Å². The van der Waals surface area contributed by atoms with Gasteiger partial charge in [0, 0.05) is 11.1 Å². The van der Waals surface area contributed by atoms with E-state index in [1.165, 1.54) is 0 Å². The van der Waals surface area contributed by atoms with E-state index in [4.69, 9.17) is 16.3 Å². The number of rotatable bonds is 4. The monoisotopic (exact) mass is 305 g/mol. The molecule has 3 rings (SSSR count). The average molecular weight is 306 g/mol. The molecule has 112 valence electrons. The summed E-state index contributed by atoms with van der Waals surface area (Å²) in [4.78, 5) is 14.7. The maximum Gasteiger partial charge on any atom is 0.289 e. The summed E-state index contributed by atoms with van der Waals surface area (Å²) in [6.45, 7) is 2.72. The van der Waals surface area contributed by atoms with Gasteiger partial charge >= 0.3 is 0 Å². The number of amides is 1. The molecule has 1 aliphatic carbocycles. The minimum absolute atomic E-state index is 0.0275. The maximum atomic E-state index is 12.8. The SMILES string of the molecule is CC(c1ccc(Cl)cc1)N(C(=O)C1=CCCCO1)C1CC1. The van der Waals surface area contributed by atoms with Gasteiger partial charge in [0.2, 0.25) is 0 Å². The third-order valence-corrected chi connectivity index (χ3v) is 4.34. The van der Waals surface area contributed by atoms with E-state index in [-0.39, 0.29) is 11.9 Å². The summed E-state index contributed by atoms with van der Waals surface area (Å²) in [7, 11) is 0. The van der Waals surface area contributed by atoms with Crippen LogP contribution in [0.25, 0.3) is 0 Å².